The van der Waals surface area contributed by atoms with Crippen LogP contribution >= 0.6 is 17.0 Å². The molecule has 1 aliphatic heterocycles. The second kappa shape index (κ2) is 14.5. The lowest BCUT2D eigenvalue weighted by Crippen LogP contribution is -2.47. The number of nitrogens with zero attached hydrogens (tertiary/aromatic N) is 2. The number of hydrogen-bond donors (Lipinski definition) is 0. The Morgan fingerprint density at radius 2 is 1.20 bits per heavy atom. The molecule has 0 aliphatic carbocycles. The Balaban J connectivity index is 0.00000417. The molecule has 6 aromatic carbocycles. The van der Waals surface area contributed by atoms with Crippen LogP contribution < -0.4 is 4.74 Å². The Morgan fingerprint density at radius 1 is 0.673 bits per heavy atom. The second-order valence-electron chi connectivity index (χ2n) is 13.3. The minimum atomic E-state index is -0.282. The zero-order valence-corrected chi connectivity index (χ0v) is 30.3. The molecule has 1 heterocycles. The number of halogens is 1. The van der Waals surface area contributed by atoms with Crippen LogP contribution in [0.5, 0.6) is 5.75 Å². The third-order valence-electron chi connectivity index (χ3n) is 10.3. The molecule has 6 aromatic rings. The Labute approximate surface area is 299 Å². The molecule has 5 nitrogen and oxygen atoms in total. The lowest BCUT2D eigenvalue weighted by molar-refractivity contribution is -0.953. The zero-order chi connectivity index (χ0) is 33.3. The Kier molecular flexibility index (Phi) is 10.2. The first-order valence-electron chi connectivity index (χ1n) is 17.3. The van der Waals surface area contributed by atoms with Crippen molar-refractivity contribution in [1.29, 1.82) is 0 Å². The minimum absolute atomic E-state index is 0. The van der Waals surface area contributed by atoms with Crippen molar-refractivity contribution < 1.29 is 14.1 Å². The zero-order valence-electron chi connectivity index (χ0n) is 28.6. The first-order chi connectivity index (χ1) is 23.4. The van der Waals surface area contributed by atoms with Gasteiger partial charge < -0.3 is 9.22 Å². The lowest BCUT2D eigenvalue weighted by atomic mass is 9.82. The van der Waals surface area contributed by atoms with Crippen molar-refractivity contribution in [3.8, 4) is 39.1 Å². The smallest absolute Gasteiger partial charge is 0.270 e. The highest BCUT2D eigenvalue weighted by atomic mass is 79.9. The molecule has 0 fully saturated rings. The normalized spacial score (nSPS) is 13.3. The number of non-ortho nitro benzene ring substituents is 1. The lowest BCUT2D eigenvalue weighted by Gasteiger charge is -2.39. The van der Waals surface area contributed by atoms with E-state index in [0.717, 1.165) is 78.6 Å². The van der Waals surface area contributed by atoms with Crippen LogP contribution in [-0.4, -0.2) is 29.6 Å². The Morgan fingerprint density at radius 3 is 1.71 bits per heavy atom. The van der Waals surface area contributed by atoms with Crippen LogP contribution in [0.4, 0.5) is 5.69 Å². The van der Waals surface area contributed by atoms with Crippen LogP contribution in [0, 0.1) is 10.1 Å². The fraction of sp³-hybridized carbons (Fsp3) is 0.256. The number of ether oxygens (including phenoxy) is 1. The monoisotopic (exact) mass is 715 g/mol. The predicted octanol–water partition coefficient (Wildman–Crippen LogP) is 11.9. The summed E-state index contributed by atoms with van der Waals surface area (Å²) < 4.78 is 6.51. The molecule has 49 heavy (non-hydrogen) atoms. The molecule has 0 spiro atoms. The summed E-state index contributed by atoms with van der Waals surface area (Å²) in [5.41, 5.74) is 9.79. The van der Waals surface area contributed by atoms with E-state index in [1.165, 1.54) is 49.5 Å². The maximum atomic E-state index is 12.0. The van der Waals surface area contributed by atoms with Crippen molar-refractivity contribution in [3.05, 3.63) is 130 Å². The van der Waals surface area contributed by atoms with Crippen molar-refractivity contribution in [1.82, 2.24) is 0 Å². The molecule has 0 amide bonds. The molecule has 1 aliphatic rings. The topological polar surface area (TPSA) is 52.4 Å². The van der Waals surface area contributed by atoms with Crippen LogP contribution in [0.3, 0.4) is 0 Å². The number of rotatable bonds is 10. The van der Waals surface area contributed by atoms with Crippen LogP contribution in [0.25, 0.3) is 54.9 Å². The van der Waals surface area contributed by atoms with Crippen molar-refractivity contribution in [2.75, 3.05) is 20.2 Å². The van der Waals surface area contributed by atoms with Gasteiger partial charge in [-0.3, -0.25) is 10.1 Å². The minimum Gasteiger partial charge on any atom is -0.497 e. The molecular weight excluding hydrogens is 672 g/mol. The van der Waals surface area contributed by atoms with Gasteiger partial charge in [0.05, 0.1) is 25.1 Å². The largest absolute Gasteiger partial charge is 0.497 e. The van der Waals surface area contributed by atoms with Crippen LogP contribution in [0.15, 0.2) is 109 Å². The van der Waals surface area contributed by atoms with E-state index >= 15 is 0 Å². The molecule has 0 saturated carbocycles. The van der Waals surface area contributed by atoms with Crippen LogP contribution in [0.1, 0.15) is 50.7 Å². The number of benzene rings is 6. The van der Waals surface area contributed by atoms with E-state index in [2.05, 4.69) is 98.8 Å². The van der Waals surface area contributed by atoms with E-state index in [-0.39, 0.29) is 27.6 Å². The van der Waals surface area contributed by atoms with Crippen molar-refractivity contribution in [2.45, 2.75) is 52.6 Å². The first kappa shape index (κ1) is 34.3. The molecule has 250 valence electrons. The van der Waals surface area contributed by atoms with Crippen molar-refractivity contribution in [2.24, 2.45) is 0 Å². The van der Waals surface area contributed by atoms with Crippen LogP contribution in [0.2, 0.25) is 0 Å². The molecular formula is C43H44BrN2O3+. The average Bonchev–Trinajstić information content (AvgIpc) is 3.28. The Hall–Kier alpha value is -4.52. The summed E-state index contributed by atoms with van der Waals surface area (Å²) in [6.07, 6.45) is 4.54. The summed E-state index contributed by atoms with van der Waals surface area (Å²) in [5, 5.41) is 16.8. The van der Waals surface area contributed by atoms with Crippen LogP contribution in [-0.2, 0) is 13.1 Å². The van der Waals surface area contributed by atoms with E-state index < -0.39 is 0 Å². The fourth-order valence-electron chi connectivity index (χ4n) is 7.89. The number of unbranched alkanes of at least 4 members (excludes halogenated alkanes) is 2. The maximum absolute atomic E-state index is 12.0. The fourth-order valence-corrected chi connectivity index (χ4v) is 7.89. The van der Waals surface area contributed by atoms with E-state index in [9.17, 15) is 10.1 Å². The summed E-state index contributed by atoms with van der Waals surface area (Å²) in [5.74, 6) is 0.847. The highest BCUT2D eigenvalue weighted by Gasteiger charge is 2.37. The van der Waals surface area contributed by atoms with Gasteiger partial charge in [-0.2, -0.15) is 0 Å². The summed E-state index contributed by atoms with van der Waals surface area (Å²) in [6, 6.07) is 37.9. The van der Waals surface area contributed by atoms with E-state index in [1.54, 1.807) is 19.2 Å². The first-order valence-corrected chi connectivity index (χ1v) is 17.3. The molecule has 0 saturated heterocycles. The van der Waals surface area contributed by atoms with Gasteiger partial charge in [0.15, 0.2) is 0 Å². The van der Waals surface area contributed by atoms with Crippen molar-refractivity contribution >= 4 is 44.2 Å². The number of hydrogen-bond acceptors (Lipinski definition) is 3. The third-order valence-corrected chi connectivity index (χ3v) is 10.3. The van der Waals surface area contributed by atoms with E-state index in [1.807, 2.05) is 12.1 Å². The standard InChI is InChI=1S/C43H43N2O3.BrH/c1-4-6-23-45(24-7-5-2)28-40-38(30-19-21-35(48-3)22-20-30)26-32-13-8-10-17-36(32)42(40)43-37-18-11-9-14-33(37)27-39(41(43)29-45)31-15-12-16-34(25-31)44(46)47;/h8-22,25-27H,4-7,23-24,28-29H2,1-3H3;1H/q+1;. The van der Waals surface area contributed by atoms with Gasteiger partial charge in [-0.1, -0.05) is 99.5 Å². The SMILES string of the molecule is Br.CCCC[N+]1(CCCC)Cc2c(-c3ccc(OC)cc3)cc3ccccc3c2-c2c(c(-c3cccc([N+](=O)[O-])c3)cc3ccccc23)C1. The van der Waals surface area contributed by atoms with Gasteiger partial charge in [0.1, 0.15) is 18.8 Å². The maximum Gasteiger partial charge on any atom is 0.270 e. The van der Waals surface area contributed by atoms with E-state index in [0.29, 0.717) is 0 Å². The molecule has 0 N–H and O–H groups in total. The molecule has 7 rings (SSSR count). The third kappa shape index (κ3) is 6.48. The van der Waals surface area contributed by atoms with Crippen molar-refractivity contribution in [3.63, 3.8) is 0 Å². The Bertz CT molecular complexity index is 2130. The van der Waals surface area contributed by atoms with Gasteiger partial charge in [0.2, 0.25) is 0 Å². The van der Waals surface area contributed by atoms with Gasteiger partial charge in [0, 0.05) is 34.4 Å². The van der Waals surface area contributed by atoms with Gasteiger partial charge >= 0.3 is 0 Å². The number of fused-ring (bicyclic) bond motifs is 7. The predicted molar refractivity (Wildman–Crippen MR) is 209 cm³/mol. The molecule has 0 unspecified atom stereocenters. The number of nitro benzene ring substituents is 1. The summed E-state index contributed by atoms with van der Waals surface area (Å²) in [6.45, 7) is 8.50. The average molecular weight is 717 g/mol. The quantitative estimate of drug-likeness (QED) is 0.0806. The highest BCUT2D eigenvalue weighted by Crippen LogP contribution is 2.50. The second-order valence-corrected chi connectivity index (χ2v) is 13.3. The summed E-state index contributed by atoms with van der Waals surface area (Å²) in [7, 11) is 1.71. The molecule has 0 atom stereocenters. The molecule has 0 radical (unpaired) electrons. The molecule has 0 bridgehead atoms. The molecule has 6 heteroatoms. The van der Waals surface area contributed by atoms with Gasteiger partial charge in [0.25, 0.3) is 5.69 Å². The van der Waals surface area contributed by atoms with E-state index in [4.69, 9.17) is 4.74 Å². The number of quaternary nitrogens is 1. The van der Waals surface area contributed by atoms with Gasteiger partial charge in [-0.05, 0) is 80.9 Å². The summed E-state index contributed by atoms with van der Waals surface area (Å²) in [4.78, 5) is 11.7. The number of nitro groups is 1. The summed E-state index contributed by atoms with van der Waals surface area (Å²) >= 11 is 0. The number of methoxy groups -OCH3 is 1. The van der Waals surface area contributed by atoms with Gasteiger partial charge in [-0.25, -0.2) is 0 Å². The van der Waals surface area contributed by atoms with Gasteiger partial charge in [-0.15, -0.1) is 17.0 Å². The molecule has 0 aromatic heterocycles. The highest BCUT2D eigenvalue weighted by molar-refractivity contribution is 8.93.